The Labute approximate surface area is 119 Å². The van der Waals surface area contributed by atoms with E-state index < -0.39 is 9.84 Å². The van der Waals surface area contributed by atoms with E-state index in [-0.39, 0.29) is 17.6 Å². The number of rotatable bonds is 4. The number of hydrogen-bond donors (Lipinski definition) is 1. The predicted octanol–water partition coefficient (Wildman–Crippen LogP) is 1.48. The van der Waals surface area contributed by atoms with Crippen molar-refractivity contribution in [2.75, 3.05) is 12.3 Å². The van der Waals surface area contributed by atoms with Gasteiger partial charge in [0.1, 0.15) is 0 Å². The molecule has 0 aromatic heterocycles. The van der Waals surface area contributed by atoms with Crippen molar-refractivity contribution in [3.8, 4) is 0 Å². The molecule has 1 amide bonds. The van der Waals surface area contributed by atoms with Gasteiger partial charge in [-0.05, 0) is 49.3 Å². The lowest BCUT2D eigenvalue weighted by atomic mass is 10.0. The Bertz CT molecular complexity index is 633. The third-order valence-corrected chi connectivity index (χ3v) is 5.87. The van der Waals surface area contributed by atoms with Crippen molar-refractivity contribution < 1.29 is 13.2 Å². The van der Waals surface area contributed by atoms with Crippen LogP contribution >= 0.6 is 0 Å². The van der Waals surface area contributed by atoms with Gasteiger partial charge in [0.15, 0.2) is 9.84 Å². The van der Waals surface area contributed by atoms with Gasteiger partial charge in [-0.1, -0.05) is 12.1 Å². The molecule has 0 spiro atoms. The fourth-order valence-corrected chi connectivity index (χ4v) is 4.25. The average molecular weight is 293 g/mol. The molecule has 1 N–H and O–H groups in total. The van der Waals surface area contributed by atoms with Gasteiger partial charge in [0.2, 0.25) is 5.91 Å². The fourth-order valence-electron chi connectivity index (χ4n) is 2.67. The van der Waals surface area contributed by atoms with Gasteiger partial charge in [-0.2, -0.15) is 0 Å². The van der Waals surface area contributed by atoms with Gasteiger partial charge in [0.05, 0.1) is 10.6 Å². The lowest BCUT2D eigenvalue weighted by Gasteiger charge is -2.17. The molecule has 3 rings (SSSR count). The van der Waals surface area contributed by atoms with Crippen molar-refractivity contribution in [2.45, 2.75) is 37.0 Å². The molecular formula is C15H19NO3S. The number of carbonyl (C=O) groups is 1. The van der Waals surface area contributed by atoms with E-state index >= 15 is 0 Å². The zero-order valence-corrected chi connectivity index (χ0v) is 12.2. The molecule has 0 atom stereocenters. The summed E-state index contributed by atoms with van der Waals surface area (Å²) in [4.78, 5) is 12.0. The van der Waals surface area contributed by atoms with E-state index in [0.717, 1.165) is 36.8 Å². The molecule has 20 heavy (non-hydrogen) atoms. The molecule has 2 aliphatic rings. The van der Waals surface area contributed by atoms with Crippen LogP contribution in [0, 0.1) is 5.92 Å². The summed E-state index contributed by atoms with van der Waals surface area (Å²) in [5.74, 6) is 0.658. The van der Waals surface area contributed by atoms with E-state index in [1.54, 1.807) is 6.07 Å². The number of aryl methyl sites for hydroxylation is 1. The summed E-state index contributed by atoms with van der Waals surface area (Å²) in [5.41, 5.74) is 2.03. The highest BCUT2D eigenvalue weighted by Crippen LogP contribution is 2.29. The summed E-state index contributed by atoms with van der Waals surface area (Å²) in [7, 11) is -3.07. The highest BCUT2D eigenvalue weighted by molar-refractivity contribution is 7.91. The van der Waals surface area contributed by atoms with Crippen molar-refractivity contribution in [3.63, 3.8) is 0 Å². The Kier molecular flexibility index (Phi) is 3.54. The summed E-state index contributed by atoms with van der Waals surface area (Å²) >= 11 is 0. The maximum Gasteiger partial charge on any atom is 0.223 e. The second-order valence-electron chi connectivity index (χ2n) is 5.68. The number of hydrogen-bond acceptors (Lipinski definition) is 3. The van der Waals surface area contributed by atoms with E-state index in [1.807, 2.05) is 12.1 Å². The lowest BCUT2D eigenvalue weighted by Crippen LogP contribution is -2.27. The van der Waals surface area contributed by atoms with Crippen LogP contribution in [0.15, 0.2) is 23.1 Å². The third kappa shape index (κ3) is 2.87. The number of nitrogens with one attached hydrogen (secondary N) is 1. The number of fused-ring (bicyclic) bond motifs is 1. The van der Waals surface area contributed by atoms with E-state index in [1.165, 1.54) is 0 Å². The smallest absolute Gasteiger partial charge is 0.223 e. The molecule has 0 unspecified atom stereocenters. The van der Waals surface area contributed by atoms with Crippen molar-refractivity contribution in [1.82, 2.24) is 5.32 Å². The van der Waals surface area contributed by atoms with Gasteiger partial charge in [-0.15, -0.1) is 0 Å². The quantitative estimate of drug-likeness (QED) is 0.914. The Morgan fingerprint density at radius 3 is 2.85 bits per heavy atom. The molecule has 108 valence electrons. The Morgan fingerprint density at radius 2 is 2.10 bits per heavy atom. The molecule has 0 radical (unpaired) electrons. The maximum absolute atomic E-state index is 11.9. The van der Waals surface area contributed by atoms with Gasteiger partial charge < -0.3 is 5.32 Å². The Morgan fingerprint density at radius 1 is 1.30 bits per heavy atom. The van der Waals surface area contributed by atoms with Crippen LogP contribution in [0.3, 0.4) is 0 Å². The SMILES string of the molecule is O=C(NCCc1ccc2c(c1)CCCS2(=O)=O)C1CC1. The van der Waals surface area contributed by atoms with Crippen LogP contribution < -0.4 is 5.32 Å². The van der Waals surface area contributed by atoms with E-state index in [4.69, 9.17) is 0 Å². The molecule has 1 aromatic rings. The molecule has 1 aromatic carbocycles. The Balaban J connectivity index is 1.65. The first kappa shape index (κ1) is 13.6. The van der Waals surface area contributed by atoms with Crippen molar-refractivity contribution in [1.29, 1.82) is 0 Å². The van der Waals surface area contributed by atoms with Crippen LogP contribution in [0.2, 0.25) is 0 Å². The molecule has 1 aliphatic heterocycles. The van der Waals surface area contributed by atoms with E-state index in [0.29, 0.717) is 17.9 Å². The second kappa shape index (κ2) is 5.20. The zero-order valence-electron chi connectivity index (χ0n) is 11.4. The van der Waals surface area contributed by atoms with Gasteiger partial charge in [0, 0.05) is 12.5 Å². The first-order valence-electron chi connectivity index (χ1n) is 7.18. The minimum Gasteiger partial charge on any atom is -0.356 e. The molecule has 1 aliphatic carbocycles. The van der Waals surface area contributed by atoms with Gasteiger partial charge in [-0.25, -0.2) is 8.42 Å². The van der Waals surface area contributed by atoms with Crippen LogP contribution in [0.4, 0.5) is 0 Å². The van der Waals surface area contributed by atoms with E-state index in [2.05, 4.69) is 5.32 Å². The van der Waals surface area contributed by atoms with Crippen LogP contribution in [-0.4, -0.2) is 26.6 Å². The Hall–Kier alpha value is -1.36. The van der Waals surface area contributed by atoms with Crippen molar-refractivity contribution in [2.24, 2.45) is 5.92 Å². The summed E-state index contributed by atoms with van der Waals surface area (Å²) in [6.45, 7) is 0.626. The summed E-state index contributed by atoms with van der Waals surface area (Å²) in [6.07, 6.45) is 4.32. The average Bonchev–Trinajstić information content (AvgIpc) is 3.22. The number of sulfone groups is 1. The standard InChI is InChI=1S/C15H19NO3S/c17-15(12-4-5-12)16-8-7-11-3-6-14-13(10-11)2-1-9-20(14,18)19/h3,6,10,12H,1-2,4-5,7-9H2,(H,16,17). The normalized spacial score (nSPS) is 20.2. The minimum absolute atomic E-state index is 0.158. The number of benzene rings is 1. The third-order valence-electron chi connectivity index (χ3n) is 3.98. The highest BCUT2D eigenvalue weighted by Gasteiger charge is 2.29. The lowest BCUT2D eigenvalue weighted by molar-refractivity contribution is -0.122. The van der Waals surface area contributed by atoms with Gasteiger partial charge in [0.25, 0.3) is 0 Å². The van der Waals surface area contributed by atoms with Gasteiger partial charge >= 0.3 is 0 Å². The largest absolute Gasteiger partial charge is 0.356 e. The van der Waals surface area contributed by atoms with E-state index in [9.17, 15) is 13.2 Å². The molecule has 0 bridgehead atoms. The monoisotopic (exact) mass is 293 g/mol. The first-order chi connectivity index (χ1) is 9.56. The highest BCUT2D eigenvalue weighted by atomic mass is 32.2. The fraction of sp³-hybridized carbons (Fsp3) is 0.533. The molecular weight excluding hydrogens is 274 g/mol. The molecule has 1 saturated carbocycles. The molecule has 5 heteroatoms. The second-order valence-corrected chi connectivity index (χ2v) is 7.76. The zero-order chi connectivity index (χ0) is 14.2. The first-order valence-corrected chi connectivity index (χ1v) is 8.84. The van der Waals surface area contributed by atoms with Crippen LogP contribution in [0.1, 0.15) is 30.4 Å². The topological polar surface area (TPSA) is 63.2 Å². The van der Waals surface area contributed by atoms with Crippen molar-refractivity contribution in [3.05, 3.63) is 29.3 Å². The molecule has 1 fully saturated rings. The maximum atomic E-state index is 11.9. The number of amides is 1. The van der Waals surface area contributed by atoms with Crippen molar-refractivity contribution >= 4 is 15.7 Å². The summed E-state index contributed by atoms with van der Waals surface area (Å²) in [5, 5.41) is 2.93. The van der Waals surface area contributed by atoms with Crippen LogP contribution in [-0.2, 0) is 27.5 Å². The molecule has 0 saturated heterocycles. The van der Waals surface area contributed by atoms with Gasteiger partial charge in [-0.3, -0.25) is 4.79 Å². The summed E-state index contributed by atoms with van der Waals surface area (Å²) < 4.78 is 23.8. The molecule has 4 nitrogen and oxygen atoms in total. The molecule has 1 heterocycles. The minimum atomic E-state index is -3.07. The predicted molar refractivity (Wildman–Crippen MR) is 76.3 cm³/mol. The van der Waals surface area contributed by atoms with Crippen LogP contribution in [0.5, 0.6) is 0 Å². The number of carbonyl (C=O) groups excluding carboxylic acids is 1. The summed E-state index contributed by atoms with van der Waals surface area (Å²) in [6, 6.07) is 5.57. The van der Waals surface area contributed by atoms with Crippen LogP contribution in [0.25, 0.3) is 0 Å².